The largest absolute Gasteiger partial charge is 0.439 e. The number of benzene rings is 2. The zero-order chi connectivity index (χ0) is 21.6. The molecule has 9 heteroatoms. The highest BCUT2D eigenvalue weighted by Gasteiger charge is 2.30. The summed E-state index contributed by atoms with van der Waals surface area (Å²) in [5.74, 6) is -0.0958. The molecule has 0 aliphatic heterocycles. The summed E-state index contributed by atoms with van der Waals surface area (Å²) in [6, 6.07) is 13.4. The van der Waals surface area contributed by atoms with E-state index in [2.05, 4.69) is 15.6 Å². The standard InChI is InChI=1S/C21H17F4N3O2/c22-16-4-6-18(7-5-16)30-20-10-14(8-9-26-20)12-28-19(29)13-27-17-3-1-2-15(11-17)21(23,24)25/h1-11,27H,12-13H2,(H,28,29). The van der Waals surface area contributed by atoms with Crippen LogP contribution in [-0.2, 0) is 17.5 Å². The molecule has 5 nitrogen and oxygen atoms in total. The number of hydrogen-bond acceptors (Lipinski definition) is 4. The Morgan fingerprint density at radius 3 is 2.53 bits per heavy atom. The maximum absolute atomic E-state index is 12.9. The molecule has 30 heavy (non-hydrogen) atoms. The number of alkyl halides is 3. The van der Waals surface area contributed by atoms with E-state index in [1.165, 1.54) is 42.6 Å². The van der Waals surface area contributed by atoms with Gasteiger partial charge in [0.15, 0.2) is 0 Å². The van der Waals surface area contributed by atoms with Crippen LogP contribution in [0.3, 0.4) is 0 Å². The fourth-order valence-electron chi connectivity index (χ4n) is 2.49. The van der Waals surface area contributed by atoms with Gasteiger partial charge in [-0.25, -0.2) is 9.37 Å². The van der Waals surface area contributed by atoms with E-state index < -0.39 is 17.6 Å². The predicted molar refractivity (Wildman–Crippen MR) is 102 cm³/mol. The van der Waals surface area contributed by atoms with E-state index in [1.54, 1.807) is 12.1 Å². The second-order valence-electron chi connectivity index (χ2n) is 6.27. The normalized spacial score (nSPS) is 11.1. The van der Waals surface area contributed by atoms with Crippen LogP contribution in [0.1, 0.15) is 11.1 Å². The third-order valence-corrected chi connectivity index (χ3v) is 3.97. The van der Waals surface area contributed by atoms with Crippen LogP contribution in [0.5, 0.6) is 11.6 Å². The lowest BCUT2D eigenvalue weighted by Gasteiger charge is -2.11. The number of carbonyl (C=O) groups is 1. The number of ether oxygens (including phenoxy) is 1. The van der Waals surface area contributed by atoms with Crippen molar-refractivity contribution in [3.63, 3.8) is 0 Å². The summed E-state index contributed by atoms with van der Waals surface area (Å²) in [4.78, 5) is 16.1. The van der Waals surface area contributed by atoms with Gasteiger partial charge in [0.25, 0.3) is 0 Å². The molecule has 0 unspecified atom stereocenters. The summed E-state index contributed by atoms with van der Waals surface area (Å²) in [7, 11) is 0. The van der Waals surface area contributed by atoms with Crippen LogP contribution in [-0.4, -0.2) is 17.4 Å². The number of carbonyl (C=O) groups excluding carboxylic acids is 1. The molecular formula is C21H17F4N3O2. The van der Waals surface area contributed by atoms with Crippen LogP contribution in [0.4, 0.5) is 23.2 Å². The van der Waals surface area contributed by atoms with Crippen LogP contribution in [0.2, 0.25) is 0 Å². The zero-order valence-corrected chi connectivity index (χ0v) is 15.5. The van der Waals surface area contributed by atoms with E-state index in [4.69, 9.17) is 4.74 Å². The lowest BCUT2D eigenvalue weighted by atomic mass is 10.2. The second kappa shape index (κ2) is 9.25. The van der Waals surface area contributed by atoms with Crippen LogP contribution in [0.25, 0.3) is 0 Å². The number of nitrogens with one attached hydrogen (secondary N) is 2. The summed E-state index contributed by atoms with van der Waals surface area (Å²) < 4.78 is 56.6. The van der Waals surface area contributed by atoms with Crippen molar-refractivity contribution < 1.29 is 27.1 Å². The van der Waals surface area contributed by atoms with Gasteiger partial charge < -0.3 is 15.4 Å². The van der Waals surface area contributed by atoms with Crippen molar-refractivity contribution in [2.45, 2.75) is 12.7 Å². The molecule has 1 heterocycles. The van der Waals surface area contributed by atoms with E-state index in [1.807, 2.05) is 0 Å². The molecule has 0 aliphatic carbocycles. The minimum atomic E-state index is -4.45. The van der Waals surface area contributed by atoms with E-state index >= 15 is 0 Å². The van der Waals surface area contributed by atoms with Gasteiger partial charge in [0.2, 0.25) is 11.8 Å². The van der Waals surface area contributed by atoms with Crippen LogP contribution in [0.15, 0.2) is 66.9 Å². The molecule has 0 bridgehead atoms. The SMILES string of the molecule is O=C(CNc1cccc(C(F)(F)F)c1)NCc1ccnc(Oc2ccc(F)cc2)c1. The topological polar surface area (TPSA) is 63.2 Å². The first-order valence-electron chi connectivity index (χ1n) is 8.86. The number of aromatic nitrogens is 1. The molecule has 0 spiro atoms. The van der Waals surface area contributed by atoms with Crippen molar-refractivity contribution in [3.8, 4) is 11.6 Å². The van der Waals surface area contributed by atoms with Crippen molar-refractivity contribution in [3.05, 3.63) is 83.8 Å². The zero-order valence-electron chi connectivity index (χ0n) is 15.5. The molecule has 1 amide bonds. The first-order chi connectivity index (χ1) is 14.3. The maximum Gasteiger partial charge on any atom is 0.416 e. The first-order valence-corrected chi connectivity index (χ1v) is 8.86. The van der Waals surface area contributed by atoms with Gasteiger partial charge >= 0.3 is 6.18 Å². The Hall–Kier alpha value is -3.62. The molecular weight excluding hydrogens is 402 g/mol. The number of nitrogens with zero attached hydrogens (tertiary/aromatic N) is 1. The number of hydrogen-bond donors (Lipinski definition) is 2. The number of anilines is 1. The highest BCUT2D eigenvalue weighted by atomic mass is 19.4. The quantitative estimate of drug-likeness (QED) is 0.542. The highest BCUT2D eigenvalue weighted by molar-refractivity contribution is 5.80. The van der Waals surface area contributed by atoms with Crippen molar-refractivity contribution in [2.24, 2.45) is 0 Å². The molecule has 0 aliphatic rings. The summed E-state index contributed by atoms with van der Waals surface area (Å²) in [5.41, 5.74) is 0.103. The highest BCUT2D eigenvalue weighted by Crippen LogP contribution is 2.30. The summed E-state index contributed by atoms with van der Waals surface area (Å²) in [6.45, 7) is -0.0171. The van der Waals surface area contributed by atoms with Gasteiger partial charge in [-0.05, 0) is 54.1 Å². The van der Waals surface area contributed by atoms with Crippen LogP contribution >= 0.6 is 0 Å². The molecule has 156 valence electrons. The third kappa shape index (κ3) is 6.20. The van der Waals surface area contributed by atoms with Gasteiger partial charge in [-0.15, -0.1) is 0 Å². The fourth-order valence-corrected chi connectivity index (χ4v) is 2.49. The Morgan fingerprint density at radius 1 is 1.03 bits per heavy atom. The summed E-state index contributed by atoms with van der Waals surface area (Å²) in [6.07, 6.45) is -2.95. The van der Waals surface area contributed by atoms with E-state index in [0.29, 0.717) is 11.3 Å². The maximum atomic E-state index is 12.9. The Balaban J connectivity index is 1.51. The van der Waals surface area contributed by atoms with Crippen molar-refractivity contribution in [1.82, 2.24) is 10.3 Å². The lowest BCUT2D eigenvalue weighted by Crippen LogP contribution is -2.29. The molecule has 1 aromatic heterocycles. The van der Waals surface area contributed by atoms with Crippen molar-refractivity contribution >= 4 is 11.6 Å². The van der Waals surface area contributed by atoms with Gasteiger partial charge in [0, 0.05) is 24.5 Å². The van der Waals surface area contributed by atoms with Crippen molar-refractivity contribution in [2.75, 3.05) is 11.9 Å². The molecule has 3 rings (SSSR count). The van der Waals surface area contributed by atoms with Gasteiger partial charge in [-0.3, -0.25) is 4.79 Å². The third-order valence-electron chi connectivity index (χ3n) is 3.97. The molecule has 0 radical (unpaired) electrons. The minimum absolute atomic E-state index is 0.172. The van der Waals surface area contributed by atoms with E-state index in [0.717, 1.165) is 12.1 Å². The van der Waals surface area contributed by atoms with E-state index in [9.17, 15) is 22.4 Å². The molecule has 2 aromatic carbocycles. The van der Waals surface area contributed by atoms with Crippen LogP contribution < -0.4 is 15.4 Å². The minimum Gasteiger partial charge on any atom is -0.439 e. The average Bonchev–Trinajstić information content (AvgIpc) is 2.72. The lowest BCUT2D eigenvalue weighted by molar-refractivity contribution is -0.137. The number of pyridine rings is 1. The van der Waals surface area contributed by atoms with E-state index in [-0.39, 0.29) is 30.5 Å². The average molecular weight is 419 g/mol. The summed E-state index contributed by atoms with van der Waals surface area (Å²) >= 11 is 0. The van der Waals surface area contributed by atoms with Gasteiger partial charge in [-0.2, -0.15) is 13.2 Å². The number of halogens is 4. The monoisotopic (exact) mass is 419 g/mol. The van der Waals surface area contributed by atoms with Gasteiger partial charge in [0.05, 0.1) is 12.1 Å². The molecule has 0 atom stereocenters. The Bertz CT molecular complexity index is 1010. The smallest absolute Gasteiger partial charge is 0.416 e. The molecule has 0 fully saturated rings. The number of rotatable bonds is 7. The predicted octanol–water partition coefficient (Wildman–Crippen LogP) is 4.76. The second-order valence-corrected chi connectivity index (χ2v) is 6.27. The van der Waals surface area contributed by atoms with Gasteiger partial charge in [-0.1, -0.05) is 6.07 Å². The molecule has 2 N–H and O–H groups in total. The number of amides is 1. The van der Waals surface area contributed by atoms with Crippen molar-refractivity contribution in [1.29, 1.82) is 0 Å². The molecule has 3 aromatic rings. The van der Waals surface area contributed by atoms with Crippen LogP contribution in [0, 0.1) is 5.82 Å². The van der Waals surface area contributed by atoms with Gasteiger partial charge in [0.1, 0.15) is 11.6 Å². The Kier molecular flexibility index (Phi) is 6.51. The molecule has 0 saturated carbocycles. The first kappa shape index (κ1) is 21.1. The Labute approximate surface area is 169 Å². The summed E-state index contributed by atoms with van der Waals surface area (Å²) in [5, 5.41) is 5.32. The Morgan fingerprint density at radius 2 is 1.80 bits per heavy atom. The fraction of sp³-hybridized carbons (Fsp3) is 0.143. The molecule has 0 saturated heterocycles.